The SMILES string of the molecule is CCCCCCCCCCCCC1(CCCCCCCCCC)COC12CC(C)CCC2N=N. The maximum Gasteiger partial charge on any atom is 0.100 e. The van der Waals surface area contributed by atoms with Gasteiger partial charge in [0, 0.05) is 5.41 Å². The maximum absolute atomic E-state index is 7.95. The number of ether oxygens (including phenoxy) is 1. The van der Waals surface area contributed by atoms with E-state index in [1.807, 2.05) is 0 Å². The number of unbranched alkanes of at least 4 members (excludes halogenated alkanes) is 16. The van der Waals surface area contributed by atoms with Gasteiger partial charge >= 0.3 is 0 Å². The van der Waals surface area contributed by atoms with E-state index >= 15 is 0 Å². The molecular weight excluding hydrogens is 416 g/mol. The summed E-state index contributed by atoms with van der Waals surface area (Å²) >= 11 is 0. The van der Waals surface area contributed by atoms with Gasteiger partial charge in [0.1, 0.15) is 11.6 Å². The zero-order valence-corrected chi connectivity index (χ0v) is 23.5. The van der Waals surface area contributed by atoms with Crippen molar-refractivity contribution in [1.82, 2.24) is 0 Å². The van der Waals surface area contributed by atoms with Crippen LogP contribution in [0, 0.1) is 16.9 Å². The zero-order valence-electron chi connectivity index (χ0n) is 23.5. The number of nitrogens with zero attached hydrogens (tertiary/aromatic N) is 1. The third-order valence-electron chi connectivity index (χ3n) is 9.30. The molecule has 1 saturated carbocycles. The van der Waals surface area contributed by atoms with Gasteiger partial charge in [-0.05, 0) is 38.0 Å². The van der Waals surface area contributed by atoms with E-state index in [-0.39, 0.29) is 11.6 Å². The second-order valence-electron chi connectivity index (χ2n) is 12.1. The standard InChI is InChI=1S/C31H60N2O/c1-4-6-8-10-12-14-15-17-19-21-25-30(24-20-18-16-13-11-9-7-5-2)27-34-31(30)26-28(3)22-23-29(31)33-32/h28-29,32H,4-27H2,1-3H3. The molecule has 2 rings (SSSR count). The van der Waals surface area contributed by atoms with E-state index < -0.39 is 0 Å². The Morgan fingerprint density at radius 1 is 0.676 bits per heavy atom. The van der Waals surface area contributed by atoms with Crippen LogP contribution in [0.3, 0.4) is 0 Å². The number of hydrogen-bond acceptors (Lipinski definition) is 3. The fourth-order valence-corrected chi connectivity index (χ4v) is 7.03. The highest BCUT2D eigenvalue weighted by Gasteiger charge is 2.64. The molecule has 0 aromatic rings. The van der Waals surface area contributed by atoms with Gasteiger partial charge in [-0.3, -0.25) is 0 Å². The molecule has 1 N–H and O–H groups in total. The molecule has 0 aromatic carbocycles. The molecule has 0 amide bonds. The Kier molecular flexibility index (Phi) is 15.0. The molecule has 0 bridgehead atoms. The Labute approximate surface area is 213 Å². The van der Waals surface area contributed by atoms with E-state index in [9.17, 15) is 0 Å². The van der Waals surface area contributed by atoms with Crippen molar-refractivity contribution in [3.63, 3.8) is 0 Å². The molecule has 1 saturated heterocycles. The van der Waals surface area contributed by atoms with Gasteiger partial charge in [-0.15, -0.1) is 0 Å². The van der Waals surface area contributed by atoms with Crippen LogP contribution in [0.15, 0.2) is 5.11 Å². The summed E-state index contributed by atoms with van der Waals surface area (Å²) in [5.41, 5.74) is 8.12. The van der Waals surface area contributed by atoms with Gasteiger partial charge < -0.3 is 4.74 Å². The lowest BCUT2D eigenvalue weighted by Gasteiger charge is -2.64. The fraction of sp³-hybridized carbons (Fsp3) is 1.00. The van der Waals surface area contributed by atoms with Gasteiger partial charge in [0.25, 0.3) is 0 Å². The lowest BCUT2D eigenvalue weighted by atomic mass is 9.54. The third kappa shape index (κ3) is 8.90. The van der Waals surface area contributed by atoms with E-state index in [1.54, 1.807) is 0 Å². The summed E-state index contributed by atoms with van der Waals surface area (Å²) in [7, 11) is 0. The van der Waals surface area contributed by atoms with Gasteiger partial charge in [0.15, 0.2) is 0 Å². The Bertz CT molecular complexity index is 524. The molecule has 1 spiro atoms. The predicted molar refractivity (Wildman–Crippen MR) is 147 cm³/mol. The largest absolute Gasteiger partial charge is 0.371 e. The highest BCUT2D eigenvalue weighted by molar-refractivity contribution is 5.14. The normalized spacial score (nSPS) is 28.8. The fourth-order valence-electron chi connectivity index (χ4n) is 7.03. The second-order valence-corrected chi connectivity index (χ2v) is 12.1. The van der Waals surface area contributed by atoms with E-state index in [0.717, 1.165) is 19.4 Å². The Morgan fingerprint density at radius 3 is 1.50 bits per heavy atom. The van der Waals surface area contributed by atoms with Gasteiger partial charge in [-0.1, -0.05) is 136 Å². The quantitative estimate of drug-likeness (QED) is 0.130. The molecule has 4 atom stereocenters. The van der Waals surface area contributed by atoms with Crippen LogP contribution in [-0.4, -0.2) is 18.2 Å². The zero-order chi connectivity index (χ0) is 24.5. The highest BCUT2D eigenvalue weighted by Crippen LogP contribution is 2.60. The summed E-state index contributed by atoms with van der Waals surface area (Å²) in [6.07, 6.45) is 31.1. The number of hydrogen-bond donors (Lipinski definition) is 1. The van der Waals surface area contributed by atoms with Crippen molar-refractivity contribution in [2.75, 3.05) is 6.61 Å². The molecule has 4 unspecified atom stereocenters. The summed E-state index contributed by atoms with van der Waals surface area (Å²) in [6, 6.07) is 0.106. The van der Waals surface area contributed by atoms with Gasteiger partial charge in [-0.25, -0.2) is 5.53 Å². The molecule has 0 aromatic heterocycles. The van der Waals surface area contributed by atoms with Crippen molar-refractivity contribution in [3.8, 4) is 0 Å². The monoisotopic (exact) mass is 476 g/mol. The van der Waals surface area contributed by atoms with E-state index in [0.29, 0.717) is 11.3 Å². The summed E-state index contributed by atoms with van der Waals surface area (Å²) < 4.78 is 6.50. The minimum atomic E-state index is -0.118. The van der Waals surface area contributed by atoms with Crippen molar-refractivity contribution >= 4 is 0 Å². The van der Waals surface area contributed by atoms with Crippen LogP contribution in [0.2, 0.25) is 0 Å². The van der Waals surface area contributed by atoms with Crippen LogP contribution >= 0.6 is 0 Å². The second kappa shape index (κ2) is 17.1. The molecule has 34 heavy (non-hydrogen) atoms. The smallest absolute Gasteiger partial charge is 0.100 e. The number of rotatable bonds is 21. The van der Waals surface area contributed by atoms with Gasteiger partial charge in [0.05, 0.1) is 6.61 Å². The Hall–Kier alpha value is -0.440. The molecule has 1 aliphatic heterocycles. The van der Waals surface area contributed by atoms with Gasteiger partial charge in [0.2, 0.25) is 0 Å². The molecule has 2 aliphatic rings. The van der Waals surface area contributed by atoms with Crippen LogP contribution in [0.25, 0.3) is 0 Å². The van der Waals surface area contributed by atoms with E-state index in [4.69, 9.17) is 10.3 Å². The first-order valence-corrected chi connectivity index (χ1v) is 15.6. The molecule has 3 heteroatoms. The molecule has 1 aliphatic carbocycles. The maximum atomic E-state index is 7.95. The van der Waals surface area contributed by atoms with E-state index in [2.05, 4.69) is 25.9 Å². The van der Waals surface area contributed by atoms with Crippen molar-refractivity contribution in [3.05, 3.63) is 0 Å². The van der Waals surface area contributed by atoms with Crippen molar-refractivity contribution in [2.45, 2.75) is 180 Å². The first kappa shape index (κ1) is 29.8. The summed E-state index contributed by atoms with van der Waals surface area (Å²) in [6.45, 7) is 7.92. The van der Waals surface area contributed by atoms with Crippen molar-refractivity contribution < 1.29 is 4.74 Å². The summed E-state index contributed by atoms with van der Waals surface area (Å²) in [5.74, 6) is 0.712. The molecule has 0 radical (unpaired) electrons. The lowest BCUT2D eigenvalue weighted by Crippen LogP contribution is -2.70. The third-order valence-corrected chi connectivity index (χ3v) is 9.30. The minimum absolute atomic E-state index is 0.106. The first-order chi connectivity index (χ1) is 16.6. The average molecular weight is 477 g/mol. The van der Waals surface area contributed by atoms with Crippen LogP contribution < -0.4 is 0 Å². The van der Waals surface area contributed by atoms with Crippen molar-refractivity contribution in [1.29, 1.82) is 5.53 Å². The molecular formula is C31H60N2O. The molecule has 1 heterocycles. The summed E-state index contributed by atoms with van der Waals surface area (Å²) in [4.78, 5) is 0. The Morgan fingerprint density at radius 2 is 1.12 bits per heavy atom. The van der Waals surface area contributed by atoms with Crippen LogP contribution in [0.4, 0.5) is 0 Å². The van der Waals surface area contributed by atoms with Gasteiger partial charge in [-0.2, -0.15) is 5.11 Å². The Balaban J connectivity index is 1.79. The minimum Gasteiger partial charge on any atom is -0.371 e. The topological polar surface area (TPSA) is 45.4 Å². The molecule has 200 valence electrons. The first-order valence-electron chi connectivity index (χ1n) is 15.6. The summed E-state index contributed by atoms with van der Waals surface area (Å²) in [5, 5.41) is 4.16. The van der Waals surface area contributed by atoms with Crippen molar-refractivity contribution in [2.24, 2.45) is 16.4 Å². The van der Waals surface area contributed by atoms with Crippen LogP contribution in [0.1, 0.15) is 168 Å². The highest BCUT2D eigenvalue weighted by atomic mass is 16.5. The van der Waals surface area contributed by atoms with Crippen LogP contribution in [-0.2, 0) is 4.74 Å². The van der Waals surface area contributed by atoms with E-state index in [1.165, 1.54) is 135 Å². The lowest BCUT2D eigenvalue weighted by molar-refractivity contribution is -0.299. The predicted octanol–water partition coefficient (Wildman–Crippen LogP) is 10.8. The molecule has 3 nitrogen and oxygen atoms in total. The van der Waals surface area contributed by atoms with Crippen LogP contribution in [0.5, 0.6) is 0 Å². The number of nitrogens with one attached hydrogen (secondary N) is 1. The molecule has 2 fully saturated rings. The average Bonchev–Trinajstić information content (AvgIpc) is 2.84.